The van der Waals surface area contributed by atoms with Crippen molar-refractivity contribution in [1.82, 2.24) is 0 Å². The molecular weight excluding hydrogens is 237 g/mol. The van der Waals surface area contributed by atoms with E-state index in [0.29, 0.717) is 12.2 Å². The van der Waals surface area contributed by atoms with Gasteiger partial charge in [-0.25, -0.2) is 9.18 Å². The summed E-state index contributed by atoms with van der Waals surface area (Å²) in [7, 11) is 1.27. The van der Waals surface area contributed by atoms with Gasteiger partial charge in [-0.3, -0.25) is 0 Å². The SMILES string of the molecule is CCC(N)Cc1cc(F)cc(OCC(=O)OC)c1. The molecule has 0 saturated carbocycles. The standard InChI is InChI=1S/C13H18FNO3/c1-3-11(15)5-9-4-10(14)7-12(6-9)18-8-13(16)17-2/h4,6-7,11H,3,5,8,15H2,1-2H3. The quantitative estimate of drug-likeness (QED) is 0.785. The molecular formula is C13H18FNO3. The Balaban J connectivity index is 2.71. The molecule has 1 rings (SSSR count). The molecule has 1 aromatic rings. The van der Waals surface area contributed by atoms with Crippen molar-refractivity contribution in [2.24, 2.45) is 5.73 Å². The number of esters is 1. The number of carbonyl (C=O) groups is 1. The first-order valence-corrected chi connectivity index (χ1v) is 5.79. The topological polar surface area (TPSA) is 61.5 Å². The number of hydrogen-bond acceptors (Lipinski definition) is 4. The van der Waals surface area contributed by atoms with Crippen molar-refractivity contribution in [3.63, 3.8) is 0 Å². The van der Waals surface area contributed by atoms with Crippen molar-refractivity contribution in [1.29, 1.82) is 0 Å². The van der Waals surface area contributed by atoms with Gasteiger partial charge in [0.15, 0.2) is 6.61 Å². The summed E-state index contributed by atoms with van der Waals surface area (Å²) in [5.74, 6) is -0.611. The molecule has 0 aromatic heterocycles. The van der Waals surface area contributed by atoms with E-state index in [-0.39, 0.29) is 12.6 Å². The van der Waals surface area contributed by atoms with Crippen LogP contribution in [0, 0.1) is 5.82 Å². The number of halogens is 1. The summed E-state index contributed by atoms with van der Waals surface area (Å²) in [5, 5.41) is 0. The highest BCUT2D eigenvalue weighted by molar-refractivity contribution is 5.70. The van der Waals surface area contributed by atoms with Crippen LogP contribution in [0.2, 0.25) is 0 Å². The second-order valence-electron chi connectivity index (χ2n) is 4.03. The summed E-state index contributed by atoms with van der Waals surface area (Å²) in [6.07, 6.45) is 1.39. The van der Waals surface area contributed by atoms with Gasteiger partial charge in [0.05, 0.1) is 7.11 Å². The van der Waals surface area contributed by atoms with E-state index in [1.165, 1.54) is 19.2 Å². The van der Waals surface area contributed by atoms with Gasteiger partial charge in [0.25, 0.3) is 0 Å². The molecule has 1 aromatic carbocycles. The Hall–Kier alpha value is -1.62. The van der Waals surface area contributed by atoms with Gasteiger partial charge in [-0.2, -0.15) is 0 Å². The molecule has 0 heterocycles. The fourth-order valence-electron chi connectivity index (χ4n) is 1.47. The minimum Gasteiger partial charge on any atom is -0.482 e. The molecule has 0 aliphatic carbocycles. The Kier molecular flexibility index (Phi) is 5.58. The van der Waals surface area contributed by atoms with Crippen LogP contribution in [0.25, 0.3) is 0 Å². The largest absolute Gasteiger partial charge is 0.482 e. The zero-order valence-electron chi connectivity index (χ0n) is 10.6. The van der Waals surface area contributed by atoms with Crippen LogP contribution in [-0.2, 0) is 16.0 Å². The third-order valence-corrected chi connectivity index (χ3v) is 2.54. The monoisotopic (exact) mass is 255 g/mol. The number of benzene rings is 1. The fraction of sp³-hybridized carbons (Fsp3) is 0.462. The maximum absolute atomic E-state index is 13.4. The van der Waals surface area contributed by atoms with Crippen molar-refractivity contribution in [2.45, 2.75) is 25.8 Å². The van der Waals surface area contributed by atoms with Crippen LogP contribution in [0.15, 0.2) is 18.2 Å². The van der Waals surface area contributed by atoms with Gasteiger partial charge in [0.2, 0.25) is 0 Å². The van der Waals surface area contributed by atoms with E-state index in [2.05, 4.69) is 4.74 Å². The van der Waals surface area contributed by atoms with E-state index >= 15 is 0 Å². The molecule has 18 heavy (non-hydrogen) atoms. The molecule has 2 N–H and O–H groups in total. The van der Waals surface area contributed by atoms with Gasteiger partial charge < -0.3 is 15.2 Å². The Labute approximate surface area is 106 Å². The lowest BCUT2D eigenvalue weighted by Gasteiger charge is -2.11. The summed E-state index contributed by atoms with van der Waals surface area (Å²) in [4.78, 5) is 10.9. The average molecular weight is 255 g/mol. The highest BCUT2D eigenvalue weighted by Gasteiger charge is 2.07. The van der Waals surface area contributed by atoms with E-state index in [1.807, 2.05) is 6.92 Å². The van der Waals surface area contributed by atoms with Gasteiger partial charge in [-0.05, 0) is 30.5 Å². The first-order valence-electron chi connectivity index (χ1n) is 5.79. The molecule has 0 spiro atoms. The lowest BCUT2D eigenvalue weighted by molar-refractivity contribution is -0.142. The minimum atomic E-state index is -0.508. The second-order valence-corrected chi connectivity index (χ2v) is 4.03. The summed E-state index contributed by atoms with van der Waals surface area (Å²) in [6.45, 7) is 1.73. The Morgan fingerprint density at radius 2 is 2.17 bits per heavy atom. The first kappa shape index (κ1) is 14.4. The predicted molar refractivity (Wildman–Crippen MR) is 65.9 cm³/mol. The van der Waals surface area contributed by atoms with Gasteiger partial charge >= 0.3 is 5.97 Å². The Bertz CT molecular complexity index is 409. The predicted octanol–water partition coefficient (Wildman–Crippen LogP) is 1.66. The molecule has 0 radical (unpaired) electrons. The Morgan fingerprint density at radius 3 is 2.78 bits per heavy atom. The lowest BCUT2D eigenvalue weighted by Crippen LogP contribution is -2.21. The van der Waals surface area contributed by atoms with Gasteiger partial charge in [-0.15, -0.1) is 0 Å². The van der Waals surface area contributed by atoms with E-state index in [9.17, 15) is 9.18 Å². The van der Waals surface area contributed by atoms with Crippen LogP contribution in [0.3, 0.4) is 0 Å². The number of methoxy groups -OCH3 is 1. The van der Waals surface area contributed by atoms with Crippen LogP contribution in [0.5, 0.6) is 5.75 Å². The summed E-state index contributed by atoms with van der Waals surface area (Å²) in [6, 6.07) is 4.31. The first-order chi connectivity index (χ1) is 8.55. The van der Waals surface area contributed by atoms with Crippen LogP contribution in [0.4, 0.5) is 4.39 Å². The van der Waals surface area contributed by atoms with Crippen LogP contribution in [0.1, 0.15) is 18.9 Å². The minimum absolute atomic E-state index is 0.0137. The van der Waals surface area contributed by atoms with Crippen molar-refractivity contribution < 1.29 is 18.7 Å². The van der Waals surface area contributed by atoms with Crippen LogP contribution in [-0.4, -0.2) is 25.7 Å². The molecule has 0 amide bonds. The molecule has 0 aliphatic rings. The van der Waals surface area contributed by atoms with E-state index in [1.54, 1.807) is 6.07 Å². The van der Waals surface area contributed by atoms with Gasteiger partial charge in [-0.1, -0.05) is 6.92 Å². The lowest BCUT2D eigenvalue weighted by atomic mass is 10.0. The number of nitrogens with two attached hydrogens (primary N) is 1. The average Bonchev–Trinajstić information content (AvgIpc) is 2.35. The van der Waals surface area contributed by atoms with E-state index in [4.69, 9.17) is 10.5 Å². The second kappa shape index (κ2) is 6.96. The normalized spacial score (nSPS) is 12.0. The molecule has 0 saturated heterocycles. The highest BCUT2D eigenvalue weighted by Crippen LogP contribution is 2.18. The number of carbonyl (C=O) groups excluding carboxylic acids is 1. The zero-order valence-corrected chi connectivity index (χ0v) is 10.6. The Morgan fingerprint density at radius 1 is 1.44 bits per heavy atom. The van der Waals surface area contributed by atoms with Crippen LogP contribution < -0.4 is 10.5 Å². The molecule has 1 unspecified atom stereocenters. The molecule has 0 bridgehead atoms. The summed E-state index contributed by atoms with van der Waals surface area (Å²) in [5.41, 5.74) is 6.57. The number of hydrogen-bond donors (Lipinski definition) is 1. The van der Waals surface area contributed by atoms with E-state index in [0.717, 1.165) is 12.0 Å². The molecule has 4 nitrogen and oxygen atoms in total. The maximum Gasteiger partial charge on any atom is 0.343 e. The molecule has 0 fully saturated rings. The van der Waals surface area contributed by atoms with Crippen molar-refractivity contribution in [3.05, 3.63) is 29.6 Å². The third kappa shape index (κ3) is 4.71. The summed E-state index contributed by atoms with van der Waals surface area (Å²) >= 11 is 0. The van der Waals surface area contributed by atoms with Crippen molar-refractivity contribution in [3.8, 4) is 5.75 Å². The smallest absolute Gasteiger partial charge is 0.343 e. The summed E-state index contributed by atoms with van der Waals surface area (Å²) < 4.78 is 22.9. The zero-order chi connectivity index (χ0) is 13.5. The molecule has 5 heteroatoms. The molecule has 1 atom stereocenters. The van der Waals surface area contributed by atoms with E-state index < -0.39 is 11.8 Å². The van der Waals surface area contributed by atoms with Gasteiger partial charge in [0.1, 0.15) is 11.6 Å². The third-order valence-electron chi connectivity index (χ3n) is 2.54. The van der Waals surface area contributed by atoms with Crippen molar-refractivity contribution in [2.75, 3.05) is 13.7 Å². The van der Waals surface area contributed by atoms with Gasteiger partial charge in [0, 0.05) is 12.1 Å². The maximum atomic E-state index is 13.4. The highest BCUT2D eigenvalue weighted by atomic mass is 19.1. The number of ether oxygens (including phenoxy) is 2. The van der Waals surface area contributed by atoms with Crippen LogP contribution >= 0.6 is 0 Å². The molecule has 100 valence electrons. The number of rotatable bonds is 6. The molecule has 0 aliphatic heterocycles. The fourth-order valence-corrected chi connectivity index (χ4v) is 1.47. The van der Waals surface area contributed by atoms with Crippen molar-refractivity contribution >= 4 is 5.97 Å².